The second-order valence-electron chi connectivity index (χ2n) is 5.37. The first kappa shape index (κ1) is 9.97. The van der Waals surface area contributed by atoms with Crippen molar-refractivity contribution in [2.75, 3.05) is 0 Å². The molecule has 0 aromatic rings. The molecule has 0 unspecified atom stereocenters. The average Bonchev–Trinajstić information content (AvgIpc) is 2.31. The van der Waals surface area contributed by atoms with Crippen LogP contribution >= 0.6 is 0 Å². The first-order valence-corrected chi connectivity index (χ1v) is 8.38. The van der Waals surface area contributed by atoms with Crippen LogP contribution in [0.5, 0.6) is 0 Å². The van der Waals surface area contributed by atoms with Gasteiger partial charge in [0.05, 0.1) is 8.07 Å². The molecule has 0 aromatic carbocycles. The molecule has 0 radical (unpaired) electrons. The maximum atomic E-state index is 11.2. The van der Waals surface area contributed by atoms with Gasteiger partial charge < -0.3 is 4.79 Å². The zero-order valence-corrected chi connectivity index (χ0v) is 9.68. The molecule has 2 atom stereocenters. The molecule has 1 fully saturated rings. The SMILES string of the molecule is C[C@H]1CC[C@@](C=O)([Si](C)(C)C)C1. The zero-order valence-electron chi connectivity index (χ0n) is 8.68. The van der Waals surface area contributed by atoms with Crippen molar-refractivity contribution in [2.45, 2.75) is 50.9 Å². The first-order valence-electron chi connectivity index (χ1n) is 4.88. The van der Waals surface area contributed by atoms with Crippen LogP contribution in [0, 0.1) is 5.92 Å². The standard InChI is InChI=1S/C10H20OSi/c1-9-5-6-10(7-9,8-11)12(2,3)4/h8-9H,5-7H2,1-4H3/t9-,10+/m0/s1. The van der Waals surface area contributed by atoms with Gasteiger partial charge in [-0.1, -0.05) is 33.0 Å². The van der Waals surface area contributed by atoms with Gasteiger partial charge in [-0.3, -0.25) is 0 Å². The van der Waals surface area contributed by atoms with Crippen LogP contribution < -0.4 is 0 Å². The van der Waals surface area contributed by atoms with Crippen molar-refractivity contribution < 1.29 is 4.79 Å². The van der Waals surface area contributed by atoms with Crippen LogP contribution in [0.1, 0.15) is 26.2 Å². The summed E-state index contributed by atoms with van der Waals surface area (Å²) in [6, 6.07) is 0. The van der Waals surface area contributed by atoms with Crippen molar-refractivity contribution in [2.24, 2.45) is 5.92 Å². The lowest BCUT2D eigenvalue weighted by Gasteiger charge is -2.35. The van der Waals surface area contributed by atoms with E-state index in [1.54, 1.807) is 0 Å². The fraction of sp³-hybridized carbons (Fsp3) is 0.900. The lowest BCUT2D eigenvalue weighted by Crippen LogP contribution is -2.39. The van der Waals surface area contributed by atoms with Crippen LogP contribution in [0.4, 0.5) is 0 Å². The zero-order chi connectivity index (χ0) is 9.41. The fourth-order valence-electron chi connectivity index (χ4n) is 2.29. The maximum Gasteiger partial charge on any atom is 0.123 e. The summed E-state index contributed by atoms with van der Waals surface area (Å²) in [5, 5.41) is 0.104. The molecular formula is C10H20OSi. The van der Waals surface area contributed by atoms with Gasteiger partial charge in [0.25, 0.3) is 0 Å². The Bertz CT molecular complexity index is 183. The molecule has 0 aromatic heterocycles. The number of carbonyl (C=O) groups excluding carboxylic acids is 1. The van der Waals surface area contributed by atoms with E-state index in [-0.39, 0.29) is 5.04 Å². The third-order valence-electron chi connectivity index (χ3n) is 3.52. The Morgan fingerprint density at radius 1 is 1.42 bits per heavy atom. The molecule has 70 valence electrons. The van der Waals surface area contributed by atoms with E-state index in [0.29, 0.717) is 0 Å². The van der Waals surface area contributed by atoms with E-state index in [4.69, 9.17) is 0 Å². The van der Waals surface area contributed by atoms with Crippen LogP contribution in [0.2, 0.25) is 24.7 Å². The highest BCUT2D eigenvalue weighted by atomic mass is 28.3. The summed E-state index contributed by atoms with van der Waals surface area (Å²) in [7, 11) is -1.28. The Kier molecular flexibility index (Phi) is 2.48. The molecular weight excluding hydrogens is 164 g/mol. The number of hydrogen-bond donors (Lipinski definition) is 0. The smallest absolute Gasteiger partial charge is 0.123 e. The van der Waals surface area contributed by atoms with Crippen molar-refractivity contribution in [3.8, 4) is 0 Å². The largest absolute Gasteiger partial charge is 0.303 e. The number of rotatable bonds is 2. The van der Waals surface area contributed by atoms with Crippen molar-refractivity contribution in [1.29, 1.82) is 0 Å². The van der Waals surface area contributed by atoms with E-state index >= 15 is 0 Å². The molecule has 0 heterocycles. The Hall–Kier alpha value is -0.113. The molecule has 1 aliphatic rings. The average molecular weight is 184 g/mol. The van der Waals surface area contributed by atoms with E-state index in [2.05, 4.69) is 26.6 Å². The number of hydrogen-bond acceptors (Lipinski definition) is 1. The normalized spacial score (nSPS) is 36.8. The third-order valence-corrected chi connectivity index (χ3v) is 7.07. The van der Waals surface area contributed by atoms with E-state index in [0.717, 1.165) is 18.8 Å². The summed E-state index contributed by atoms with van der Waals surface area (Å²) in [6.07, 6.45) is 4.81. The Morgan fingerprint density at radius 2 is 2.00 bits per heavy atom. The van der Waals surface area contributed by atoms with Crippen LogP contribution in [0.25, 0.3) is 0 Å². The van der Waals surface area contributed by atoms with Crippen LogP contribution in [0.3, 0.4) is 0 Å². The monoisotopic (exact) mass is 184 g/mol. The van der Waals surface area contributed by atoms with Gasteiger partial charge >= 0.3 is 0 Å². The van der Waals surface area contributed by atoms with Crippen molar-refractivity contribution in [1.82, 2.24) is 0 Å². The lowest BCUT2D eigenvalue weighted by molar-refractivity contribution is -0.110. The van der Waals surface area contributed by atoms with Crippen molar-refractivity contribution in [3.63, 3.8) is 0 Å². The van der Waals surface area contributed by atoms with E-state index in [1.807, 2.05) is 0 Å². The van der Waals surface area contributed by atoms with Crippen molar-refractivity contribution in [3.05, 3.63) is 0 Å². The number of aldehydes is 1. The highest BCUT2D eigenvalue weighted by molar-refractivity contribution is 6.81. The Balaban J connectivity index is 2.85. The molecule has 1 nitrogen and oxygen atoms in total. The highest BCUT2D eigenvalue weighted by Gasteiger charge is 2.47. The molecule has 0 aliphatic heterocycles. The molecule has 1 aliphatic carbocycles. The quantitative estimate of drug-likeness (QED) is 0.476. The maximum absolute atomic E-state index is 11.2. The molecule has 2 heteroatoms. The minimum atomic E-state index is -1.28. The van der Waals surface area contributed by atoms with Gasteiger partial charge in [-0.05, 0) is 18.8 Å². The minimum Gasteiger partial charge on any atom is -0.303 e. The summed E-state index contributed by atoms with van der Waals surface area (Å²) in [6.45, 7) is 9.23. The summed E-state index contributed by atoms with van der Waals surface area (Å²) >= 11 is 0. The van der Waals surface area contributed by atoms with Crippen molar-refractivity contribution >= 4 is 14.4 Å². The molecule has 0 bridgehead atoms. The van der Waals surface area contributed by atoms with Gasteiger partial charge in [-0.2, -0.15) is 0 Å². The summed E-state index contributed by atoms with van der Waals surface area (Å²) in [5.41, 5.74) is 0. The number of carbonyl (C=O) groups is 1. The summed E-state index contributed by atoms with van der Waals surface area (Å²) in [4.78, 5) is 11.2. The fourth-order valence-corrected chi connectivity index (χ4v) is 4.50. The summed E-state index contributed by atoms with van der Waals surface area (Å²) in [5.74, 6) is 0.766. The minimum absolute atomic E-state index is 0.104. The van der Waals surface area contributed by atoms with Crippen LogP contribution in [-0.4, -0.2) is 14.4 Å². The predicted octanol–water partition coefficient (Wildman–Crippen LogP) is 3.08. The molecule has 0 spiro atoms. The predicted molar refractivity (Wildman–Crippen MR) is 55.1 cm³/mol. The van der Waals surface area contributed by atoms with Gasteiger partial charge in [-0.15, -0.1) is 0 Å². The molecule has 0 saturated heterocycles. The van der Waals surface area contributed by atoms with E-state index in [9.17, 15) is 4.79 Å². The topological polar surface area (TPSA) is 17.1 Å². The third kappa shape index (κ3) is 1.49. The molecule has 1 rings (SSSR count). The molecule has 0 N–H and O–H groups in total. The Morgan fingerprint density at radius 3 is 2.17 bits per heavy atom. The highest BCUT2D eigenvalue weighted by Crippen LogP contribution is 2.52. The van der Waals surface area contributed by atoms with Gasteiger partial charge in [0, 0.05) is 5.04 Å². The van der Waals surface area contributed by atoms with Crippen LogP contribution in [-0.2, 0) is 4.79 Å². The molecule has 12 heavy (non-hydrogen) atoms. The lowest BCUT2D eigenvalue weighted by atomic mass is 10.1. The second-order valence-corrected chi connectivity index (χ2v) is 10.9. The summed E-state index contributed by atoms with van der Waals surface area (Å²) < 4.78 is 0. The Labute approximate surface area is 76.6 Å². The first-order chi connectivity index (χ1) is 5.41. The van der Waals surface area contributed by atoms with Gasteiger partial charge in [0.2, 0.25) is 0 Å². The molecule has 1 saturated carbocycles. The van der Waals surface area contributed by atoms with Gasteiger partial charge in [-0.25, -0.2) is 0 Å². The van der Waals surface area contributed by atoms with Gasteiger partial charge in [0.15, 0.2) is 0 Å². The van der Waals surface area contributed by atoms with Gasteiger partial charge in [0.1, 0.15) is 6.29 Å². The van der Waals surface area contributed by atoms with Crippen LogP contribution in [0.15, 0.2) is 0 Å². The van der Waals surface area contributed by atoms with E-state index < -0.39 is 8.07 Å². The molecule has 0 amide bonds. The second kappa shape index (κ2) is 2.98. The van der Waals surface area contributed by atoms with E-state index in [1.165, 1.54) is 12.7 Å².